The van der Waals surface area contributed by atoms with Crippen molar-refractivity contribution in [3.05, 3.63) is 58.6 Å². The highest BCUT2D eigenvalue weighted by atomic mass is 35.5. The molecule has 0 aliphatic carbocycles. The van der Waals surface area contributed by atoms with E-state index in [9.17, 15) is 4.79 Å². The molecule has 0 saturated carbocycles. The lowest BCUT2D eigenvalue weighted by Crippen LogP contribution is -2.02. The number of nitrogen functional groups attached to an aromatic ring is 1. The van der Waals surface area contributed by atoms with Gasteiger partial charge in [0.25, 0.3) is 0 Å². The Bertz CT molecular complexity index is 608. The van der Waals surface area contributed by atoms with Gasteiger partial charge in [-0.25, -0.2) is 0 Å². The lowest BCUT2D eigenvalue weighted by Gasteiger charge is -2.05. The quantitative estimate of drug-likeness (QED) is 0.674. The van der Waals surface area contributed by atoms with E-state index in [1.54, 1.807) is 25.3 Å². The average molecular weight is 290 g/mol. The molecular formula is C16H16ClNO2. The van der Waals surface area contributed by atoms with E-state index in [1.165, 1.54) is 0 Å². The highest BCUT2D eigenvalue weighted by molar-refractivity contribution is 6.33. The number of benzene rings is 2. The molecule has 3 nitrogen and oxygen atoms in total. The molecule has 0 radical (unpaired) electrons. The first-order chi connectivity index (χ1) is 9.60. The van der Waals surface area contributed by atoms with Gasteiger partial charge >= 0.3 is 0 Å². The molecule has 0 aliphatic heterocycles. The molecule has 0 bridgehead atoms. The number of hydrogen-bond acceptors (Lipinski definition) is 3. The van der Waals surface area contributed by atoms with E-state index in [1.807, 2.05) is 24.3 Å². The first kappa shape index (κ1) is 14.4. The SMILES string of the molecule is COc1ccc(CCC(=O)c2ccc(Cl)c(N)c2)cc1. The van der Waals surface area contributed by atoms with E-state index < -0.39 is 0 Å². The van der Waals surface area contributed by atoms with Gasteiger partial charge in [0.15, 0.2) is 5.78 Å². The van der Waals surface area contributed by atoms with Gasteiger partial charge < -0.3 is 10.5 Å². The van der Waals surface area contributed by atoms with Gasteiger partial charge in [-0.05, 0) is 42.3 Å². The molecule has 0 amide bonds. The van der Waals surface area contributed by atoms with Crippen LogP contribution in [0.2, 0.25) is 5.02 Å². The molecule has 2 aromatic rings. The predicted molar refractivity (Wildman–Crippen MR) is 81.5 cm³/mol. The highest BCUT2D eigenvalue weighted by Gasteiger charge is 2.08. The second-order valence-corrected chi connectivity index (χ2v) is 4.91. The van der Waals surface area contributed by atoms with E-state index in [0.29, 0.717) is 29.1 Å². The fraction of sp³-hybridized carbons (Fsp3) is 0.188. The molecule has 2 rings (SSSR count). The van der Waals surface area contributed by atoms with E-state index >= 15 is 0 Å². The summed E-state index contributed by atoms with van der Waals surface area (Å²) >= 11 is 5.84. The monoisotopic (exact) mass is 289 g/mol. The summed E-state index contributed by atoms with van der Waals surface area (Å²) < 4.78 is 5.10. The average Bonchev–Trinajstić information content (AvgIpc) is 2.48. The molecule has 2 N–H and O–H groups in total. The molecule has 0 heterocycles. The summed E-state index contributed by atoms with van der Waals surface area (Å²) in [6.07, 6.45) is 1.12. The number of carbonyl (C=O) groups is 1. The van der Waals surface area contributed by atoms with Crippen LogP contribution in [0.4, 0.5) is 5.69 Å². The van der Waals surface area contributed by atoms with Crippen LogP contribution in [-0.4, -0.2) is 12.9 Å². The fourth-order valence-corrected chi connectivity index (χ4v) is 2.03. The van der Waals surface area contributed by atoms with Gasteiger partial charge in [-0.15, -0.1) is 0 Å². The second-order valence-electron chi connectivity index (χ2n) is 4.51. The number of nitrogens with two attached hydrogens (primary N) is 1. The minimum Gasteiger partial charge on any atom is -0.497 e. The molecule has 4 heteroatoms. The Morgan fingerprint density at radius 2 is 1.90 bits per heavy atom. The Morgan fingerprint density at radius 1 is 1.20 bits per heavy atom. The van der Waals surface area contributed by atoms with Gasteiger partial charge in [0.1, 0.15) is 5.75 Å². The summed E-state index contributed by atoms with van der Waals surface area (Å²) in [5.41, 5.74) is 7.83. The van der Waals surface area contributed by atoms with E-state index in [4.69, 9.17) is 22.1 Å². The number of ether oxygens (including phenoxy) is 1. The van der Waals surface area contributed by atoms with Crippen LogP contribution < -0.4 is 10.5 Å². The van der Waals surface area contributed by atoms with Crippen molar-refractivity contribution in [2.45, 2.75) is 12.8 Å². The van der Waals surface area contributed by atoms with Crippen molar-refractivity contribution >= 4 is 23.1 Å². The molecule has 20 heavy (non-hydrogen) atoms. The molecule has 0 unspecified atom stereocenters. The maximum atomic E-state index is 12.1. The summed E-state index contributed by atoms with van der Waals surface area (Å²) in [5, 5.41) is 0.469. The van der Waals surface area contributed by atoms with Gasteiger partial charge in [0.05, 0.1) is 17.8 Å². The molecule has 0 fully saturated rings. The summed E-state index contributed by atoms with van der Waals surface area (Å²) in [6, 6.07) is 12.7. The Hall–Kier alpha value is -2.00. The maximum Gasteiger partial charge on any atom is 0.163 e. The molecule has 0 spiro atoms. The largest absolute Gasteiger partial charge is 0.497 e. The van der Waals surface area contributed by atoms with Gasteiger partial charge in [-0.2, -0.15) is 0 Å². The van der Waals surface area contributed by atoms with Crippen molar-refractivity contribution in [1.29, 1.82) is 0 Å². The summed E-state index contributed by atoms with van der Waals surface area (Å²) in [4.78, 5) is 12.1. The van der Waals surface area contributed by atoms with Crippen molar-refractivity contribution in [3.63, 3.8) is 0 Å². The zero-order valence-electron chi connectivity index (χ0n) is 11.2. The fourth-order valence-electron chi connectivity index (χ4n) is 1.91. The van der Waals surface area contributed by atoms with Crippen LogP contribution in [0.3, 0.4) is 0 Å². The van der Waals surface area contributed by atoms with E-state index in [2.05, 4.69) is 0 Å². The van der Waals surface area contributed by atoms with Crippen LogP contribution in [0.5, 0.6) is 5.75 Å². The van der Waals surface area contributed by atoms with Gasteiger partial charge in [-0.1, -0.05) is 23.7 Å². The number of aryl methyl sites for hydroxylation is 1. The normalized spacial score (nSPS) is 10.3. The third kappa shape index (κ3) is 3.52. The summed E-state index contributed by atoms with van der Waals surface area (Å²) in [5.74, 6) is 0.870. The Morgan fingerprint density at radius 3 is 2.50 bits per heavy atom. The number of Topliss-reactive ketones (excluding diaryl/α,β-unsaturated/α-hetero) is 1. The number of carbonyl (C=O) groups excluding carboxylic acids is 1. The number of anilines is 1. The summed E-state index contributed by atoms with van der Waals surface area (Å²) in [7, 11) is 1.63. The molecule has 0 aromatic heterocycles. The lowest BCUT2D eigenvalue weighted by molar-refractivity contribution is 0.0983. The van der Waals surface area contributed by atoms with Crippen LogP contribution in [0.1, 0.15) is 22.3 Å². The van der Waals surface area contributed by atoms with Crippen molar-refractivity contribution < 1.29 is 9.53 Å². The lowest BCUT2D eigenvalue weighted by atomic mass is 10.0. The molecular weight excluding hydrogens is 274 g/mol. The molecule has 0 atom stereocenters. The van der Waals surface area contributed by atoms with Crippen molar-refractivity contribution in [3.8, 4) is 5.75 Å². The van der Waals surface area contributed by atoms with E-state index in [-0.39, 0.29) is 5.78 Å². The van der Waals surface area contributed by atoms with Gasteiger partial charge in [0, 0.05) is 12.0 Å². The first-order valence-corrected chi connectivity index (χ1v) is 6.69. The standard InChI is InChI=1S/C16H16ClNO2/c1-20-13-6-2-11(3-7-13)4-9-16(19)12-5-8-14(17)15(18)10-12/h2-3,5-8,10H,4,9,18H2,1H3. The Balaban J connectivity index is 1.98. The Labute approximate surface area is 123 Å². The third-order valence-electron chi connectivity index (χ3n) is 3.12. The second kappa shape index (κ2) is 6.44. The van der Waals surface area contributed by atoms with Crippen LogP contribution in [0, 0.1) is 0 Å². The smallest absolute Gasteiger partial charge is 0.163 e. The molecule has 2 aromatic carbocycles. The number of hydrogen-bond donors (Lipinski definition) is 1. The van der Waals surface area contributed by atoms with Crippen LogP contribution >= 0.6 is 11.6 Å². The summed E-state index contributed by atoms with van der Waals surface area (Å²) in [6.45, 7) is 0. The number of methoxy groups -OCH3 is 1. The van der Waals surface area contributed by atoms with Crippen molar-refractivity contribution in [2.24, 2.45) is 0 Å². The van der Waals surface area contributed by atoms with Crippen LogP contribution in [0.25, 0.3) is 0 Å². The molecule has 104 valence electrons. The number of halogens is 1. The topological polar surface area (TPSA) is 52.3 Å². The zero-order chi connectivity index (χ0) is 14.5. The minimum atomic E-state index is 0.0594. The van der Waals surface area contributed by atoms with Crippen molar-refractivity contribution in [1.82, 2.24) is 0 Å². The number of rotatable bonds is 5. The van der Waals surface area contributed by atoms with Crippen molar-refractivity contribution in [2.75, 3.05) is 12.8 Å². The van der Waals surface area contributed by atoms with E-state index in [0.717, 1.165) is 11.3 Å². The van der Waals surface area contributed by atoms with Crippen LogP contribution in [-0.2, 0) is 6.42 Å². The number of ketones is 1. The van der Waals surface area contributed by atoms with Gasteiger partial charge in [-0.3, -0.25) is 4.79 Å². The highest BCUT2D eigenvalue weighted by Crippen LogP contribution is 2.21. The zero-order valence-corrected chi connectivity index (χ0v) is 12.0. The maximum absolute atomic E-state index is 12.1. The minimum absolute atomic E-state index is 0.0594. The van der Waals surface area contributed by atoms with Crippen LogP contribution in [0.15, 0.2) is 42.5 Å². The Kier molecular flexibility index (Phi) is 4.64. The first-order valence-electron chi connectivity index (χ1n) is 6.31. The molecule has 0 aliphatic rings. The van der Waals surface area contributed by atoms with Gasteiger partial charge in [0.2, 0.25) is 0 Å². The third-order valence-corrected chi connectivity index (χ3v) is 3.46. The predicted octanol–water partition coefficient (Wildman–Crippen LogP) is 3.75. The molecule has 0 saturated heterocycles.